The maximum atomic E-state index is 13.4. The Morgan fingerprint density at radius 3 is 2.64 bits per heavy atom. The molecule has 0 aliphatic carbocycles. The molecule has 6 heteroatoms. The van der Waals surface area contributed by atoms with E-state index in [1.165, 1.54) is 6.07 Å². The van der Waals surface area contributed by atoms with Crippen LogP contribution in [-0.2, 0) is 0 Å². The van der Waals surface area contributed by atoms with Gasteiger partial charge in [-0.1, -0.05) is 27.5 Å². The van der Waals surface area contributed by atoms with Crippen LogP contribution in [0.1, 0.15) is 0 Å². The van der Waals surface area contributed by atoms with Crippen LogP contribution in [0.25, 0.3) is 10.9 Å². The molecule has 0 fully saturated rings. The number of hydrogen-bond donors (Lipinski definition) is 0. The summed E-state index contributed by atoms with van der Waals surface area (Å²) in [6, 6.07) is 2.93. The highest BCUT2D eigenvalue weighted by molar-refractivity contribution is 9.10. The lowest BCUT2D eigenvalue weighted by Crippen LogP contribution is -1.90. The Bertz CT molecular complexity index is 471. The fourth-order valence-corrected chi connectivity index (χ4v) is 1.96. The summed E-state index contributed by atoms with van der Waals surface area (Å²) in [6.07, 6.45) is 0. The van der Waals surface area contributed by atoms with Gasteiger partial charge in [-0.2, -0.15) is 0 Å². The van der Waals surface area contributed by atoms with Crippen LogP contribution in [0.4, 0.5) is 4.39 Å². The normalized spacial score (nSPS) is 10.9. The second-order valence-electron chi connectivity index (χ2n) is 2.57. The van der Waals surface area contributed by atoms with Gasteiger partial charge in [0.05, 0.1) is 0 Å². The number of nitrogens with zero attached hydrogens (tertiary/aromatic N) is 2. The predicted octanol–water partition coefficient (Wildman–Crippen LogP) is 3.84. The molecule has 0 spiro atoms. The first kappa shape index (κ1) is 10.1. The molecule has 72 valence electrons. The number of rotatable bonds is 0. The maximum absolute atomic E-state index is 13.4. The number of halogens is 4. The van der Waals surface area contributed by atoms with Crippen molar-refractivity contribution in [2.75, 3.05) is 0 Å². The van der Waals surface area contributed by atoms with Crippen LogP contribution in [0, 0.1) is 5.82 Å². The number of hydrogen-bond acceptors (Lipinski definition) is 2. The monoisotopic (exact) mass is 294 g/mol. The van der Waals surface area contributed by atoms with Crippen molar-refractivity contribution in [2.24, 2.45) is 0 Å². The van der Waals surface area contributed by atoms with Crippen molar-refractivity contribution in [1.29, 1.82) is 0 Å². The molecule has 0 aliphatic rings. The fourth-order valence-electron chi connectivity index (χ4n) is 1.10. The van der Waals surface area contributed by atoms with Gasteiger partial charge in [-0.3, -0.25) is 0 Å². The van der Waals surface area contributed by atoms with Crippen molar-refractivity contribution < 1.29 is 4.39 Å². The molecule has 0 N–H and O–H groups in total. The van der Waals surface area contributed by atoms with Crippen LogP contribution in [-0.4, -0.2) is 9.97 Å². The lowest BCUT2D eigenvalue weighted by Gasteiger charge is -2.01. The van der Waals surface area contributed by atoms with Crippen LogP contribution in [0.2, 0.25) is 10.4 Å². The zero-order chi connectivity index (χ0) is 10.3. The molecule has 0 saturated heterocycles. The Balaban J connectivity index is 2.94. The fraction of sp³-hybridized carbons (Fsp3) is 0. The highest BCUT2D eigenvalue weighted by atomic mass is 79.9. The summed E-state index contributed by atoms with van der Waals surface area (Å²) in [7, 11) is 0. The molecule has 2 rings (SSSR count). The highest BCUT2D eigenvalue weighted by Gasteiger charge is 2.09. The molecule has 1 heterocycles. The first-order valence-electron chi connectivity index (χ1n) is 3.56. The van der Waals surface area contributed by atoms with E-state index in [0.717, 1.165) is 0 Å². The zero-order valence-electron chi connectivity index (χ0n) is 6.56. The summed E-state index contributed by atoms with van der Waals surface area (Å²) in [5.74, 6) is -0.486. The average molecular weight is 296 g/mol. The molecule has 0 atom stereocenters. The minimum atomic E-state index is -0.486. The van der Waals surface area contributed by atoms with E-state index in [1.54, 1.807) is 6.07 Å². The molecule has 1 aromatic carbocycles. The third-order valence-electron chi connectivity index (χ3n) is 1.64. The van der Waals surface area contributed by atoms with Crippen LogP contribution in [0.3, 0.4) is 0 Å². The van der Waals surface area contributed by atoms with E-state index < -0.39 is 5.82 Å². The van der Waals surface area contributed by atoms with Crippen molar-refractivity contribution in [2.45, 2.75) is 0 Å². The Morgan fingerprint density at radius 2 is 1.93 bits per heavy atom. The maximum Gasteiger partial charge on any atom is 0.224 e. The summed E-state index contributed by atoms with van der Waals surface area (Å²) in [6.45, 7) is 0. The second-order valence-corrected chi connectivity index (χ2v) is 4.18. The van der Waals surface area contributed by atoms with Crippen molar-refractivity contribution in [3.8, 4) is 0 Å². The minimum Gasteiger partial charge on any atom is -0.215 e. The van der Waals surface area contributed by atoms with Gasteiger partial charge in [0.25, 0.3) is 0 Å². The molecule has 0 bridgehead atoms. The van der Waals surface area contributed by atoms with E-state index in [-0.39, 0.29) is 16.0 Å². The Hall–Kier alpha value is -0.450. The van der Waals surface area contributed by atoms with Crippen LogP contribution in [0.15, 0.2) is 16.6 Å². The Morgan fingerprint density at radius 1 is 1.21 bits per heavy atom. The van der Waals surface area contributed by atoms with Crippen molar-refractivity contribution in [3.63, 3.8) is 0 Å². The molecule has 0 aliphatic heterocycles. The Kier molecular flexibility index (Phi) is 2.60. The molecular weight excluding hydrogens is 294 g/mol. The minimum absolute atomic E-state index is 0.0660. The molecule has 0 radical (unpaired) electrons. The Labute approximate surface area is 97.2 Å². The third-order valence-corrected chi connectivity index (χ3v) is 2.56. The van der Waals surface area contributed by atoms with Gasteiger partial charge in [-0.15, -0.1) is 0 Å². The van der Waals surface area contributed by atoms with Gasteiger partial charge in [0.15, 0.2) is 5.82 Å². The van der Waals surface area contributed by atoms with Gasteiger partial charge in [-0.05, 0) is 23.7 Å². The van der Waals surface area contributed by atoms with Crippen LogP contribution >= 0.6 is 39.1 Å². The van der Waals surface area contributed by atoms with E-state index >= 15 is 0 Å². The quantitative estimate of drug-likeness (QED) is 0.545. The molecule has 14 heavy (non-hydrogen) atoms. The van der Waals surface area contributed by atoms with Crippen molar-refractivity contribution >= 4 is 50.0 Å². The smallest absolute Gasteiger partial charge is 0.215 e. The van der Waals surface area contributed by atoms with Gasteiger partial charge < -0.3 is 0 Å². The largest absolute Gasteiger partial charge is 0.224 e. The van der Waals surface area contributed by atoms with Gasteiger partial charge >= 0.3 is 0 Å². The first-order chi connectivity index (χ1) is 6.58. The topological polar surface area (TPSA) is 25.8 Å². The number of fused-ring (bicyclic) bond motifs is 1. The zero-order valence-corrected chi connectivity index (χ0v) is 9.66. The number of benzene rings is 1. The van der Waals surface area contributed by atoms with E-state index in [4.69, 9.17) is 23.2 Å². The SMILES string of the molecule is Fc1cc(Br)cc2c(Cl)nc(Cl)nc12. The summed E-state index contributed by atoms with van der Waals surface area (Å²) in [5, 5.41) is 0.506. The van der Waals surface area contributed by atoms with E-state index in [9.17, 15) is 4.39 Å². The molecule has 1 aromatic heterocycles. The first-order valence-corrected chi connectivity index (χ1v) is 5.10. The molecular formula is C8H2BrCl2FN2. The van der Waals surface area contributed by atoms with Crippen molar-refractivity contribution in [3.05, 3.63) is 32.9 Å². The summed E-state index contributed by atoms with van der Waals surface area (Å²) >= 11 is 14.5. The van der Waals surface area contributed by atoms with E-state index in [2.05, 4.69) is 25.9 Å². The standard InChI is InChI=1S/C8H2BrCl2FN2/c9-3-1-4-6(5(12)2-3)13-8(11)14-7(4)10/h1-2H. The van der Waals surface area contributed by atoms with Gasteiger partial charge in [0.1, 0.15) is 10.7 Å². The molecule has 0 amide bonds. The summed E-state index contributed by atoms with van der Waals surface area (Å²) < 4.78 is 13.9. The van der Waals surface area contributed by atoms with E-state index in [1.807, 2.05) is 0 Å². The van der Waals surface area contributed by atoms with Crippen LogP contribution < -0.4 is 0 Å². The number of aromatic nitrogens is 2. The summed E-state index contributed by atoms with van der Waals surface area (Å²) in [5.41, 5.74) is 0.123. The average Bonchev–Trinajstić information content (AvgIpc) is 2.07. The van der Waals surface area contributed by atoms with Crippen molar-refractivity contribution in [1.82, 2.24) is 9.97 Å². The highest BCUT2D eigenvalue weighted by Crippen LogP contribution is 2.27. The van der Waals surface area contributed by atoms with E-state index in [0.29, 0.717) is 9.86 Å². The molecule has 0 unspecified atom stereocenters. The van der Waals surface area contributed by atoms with Crippen LogP contribution in [0.5, 0.6) is 0 Å². The van der Waals surface area contributed by atoms with Gasteiger partial charge in [-0.25, -0.2) is 14.4 Å². The van der Waals surface area contributed by atoms with Gasteiger partial charge in [0.2, 0.25) is 5.28 Å². The van der Waals surface area contributed by atoms with Gasteiger partial charge in [0, 0.05) is 9.86 Å². The molecule has 2 aromatic rings. The lowest BCUT2D eigenvalue weighted by atomic mass is 10.2. The third kappa shape index (κ3) is 1.69. The molecule has 0 saturated carbocycles. The molecule has 2 nitrogen and oxygen atoms in total. The summed E-state index contributed by atoms with van der Waals surface area (Å²) in [4.78, 5) is 7.47. The predicted molar refractivity (Wildman–Crippen MR) is 57.2 cm³/mol. The lowest BCUT2D eigenvalue weighted by molar-refractivity contribution is 0.635. The second kappa shape index (κ2) is 3.61.